The van der Waals surface area contributed by atoms with E-state index < -0.39 is 5.92 Å². The van der Waals surface area contributed by atoms with Crippen molar-refractivity contribution in [1.29, 1.82) is 0 Å². The number of halogens is 2. The fraction of sp³-hybridized carbons (Fsp3) is 0.600. The van der Waals surface area contributed by atoms with Gasteiger partial charge in [0, 0.05) is 32.5 Å². The van der Waals surface area contributed by atoms with Crippen LogP contribution in [-0.4, -0.2) is 44.7 Å². The van der Waals surface area contributed by atoms with Crippen molar-refractivity contribution in [2.24, 2.45) is 0 Å². The third-order valence-corrected chi connectivity index (χ3v) is 5.59. The van der Waals surface area contributed by atoms with Crippen molar-refractivity contribution in [3.63, 3.8) is 0 Å². The number of fused-ring (bicyclic) bond motifs is 1. The summed E-state index contributed by atoms with van der Waals surface area (Å²) in [6.45, 7) is 3.83. The Balaban J connectivity index is 0.00000240. The van der Waals surface area contributed by atoms with Crippen LogP contribution < -0.4 is 10.2 Å². The zero-order chi connectivity index (χ0) is 20.1. The number of nitrogens with one attached hydrogen (secondary N) is 1. The van der Waals surface area contributed by atoms with Gasteiger partial charge in [-0.2, -0.15) is 5.10 Å². The fourth-order valence-electron chi connectivity index (χ4n) is 3.90. The number of nitrogens with zero attached hydrogens (tertiary/aromatic N) is 5. The lowest BCUT2D eigenvalue weighted by Gasteiger charge is -2.34. The highest BCUT2D eigenvalue weighted by Gasteiger charge is 2.46. The summed E-state index contributed by atoms with van der Waals surface area (Å²) in [5.41, 5.74) is 2.38. The zero-order valence-corrected chi connectivity index (χ0v) is 16.2. The molecule has 29 heavy (non-hydrogen) atoms. The average Bonchev–Trinajstić information content (AvgIpc) is 3.08. The lowest BCUT2D eigenvalue weighted by atomic mass is 9.88. The number of rotatable bonds is 5. The topological polar surface area (TPSA) is 75.9 Å². The molecule has 1 fully saturated rings. The maximum atomic E-state index is 13.0. The van der Waals surface area contributed by atoms with Gasteiger partial charge in [0.15, 0.2) is 5.82 Å². The second kappa shape index (κ2) is 7.68. The Kier molecular flexibility index (Phi) is 5.60. The van der Waals surface area contributed by atoms with Crippen molar-refractivity contribution in [2.45, 2.75) is 71.4 Å². The van der Waals surface area contributed by atoms with E-state index in [-0.39, 0.29) is 38.3 Å². The lowest BCUT2D eigenvalue weighted by molar-refractivity contribution is -0.117. The monoisotopic (exact) mass is 406 g/mol. The van der Waals surface area contributed by atoms with Gasteiger partial charge in [0.1, 0.15) is 17.6 Å². The summed E-state index contributed by atoms with van der Waals surface area (Å²) in [7, 11) is 1.88. The first kappa shape index (κ1) is 21.1. The van der Waals surface area contributed by atoms with Gasteiger partial charge in [-0.05, 0) is 25.3 Å². The third-order valence-electron chi connectivity index (χ3n) is 5.59. The van der Waals surface area contributed by atoms with Gasteiger partial charge in [0.25, 0.3) is 5.92 Å². The molecule has 1 amide bonds. The van der Waals surface area contributed by atoms with Crippen molar-refractivity contribution >= 4 is 17.4 Å². The first-order valence-corrected chi connectivity index (χ1v) is 9.59. The molecular formula is C20H28F2N6O. The minimum absolute atomic E-state index is 0. The smallest absolute Gasteiger partial charge is 0.252 e. The maximum Gasteiger partial charge on any atom is 0.252 e. The van der Waals surface area contributed by atoms with Crippen molar-refractivity contribution in [2.75, 3.05) is 17.3 Å². The lowest BCUT2D eigenvalue weighted by Crippen LogP contribution is -2.46. The number of carbonyl (C=O) groups is 1. The van der Waals surface area contributed by atoms with Crippen LogP contribution in [0.25, 0.3) is 0 Å². The van der Waals surface area contributed by atoms with E-state index in [2.05, 4.69) is 20.4 Å². The van der Waals surface area contributed by atoms with Crippen LogP contribution in [0.4, 0.5) is 20.3 Å². The Labute approximate surface area is 169 Å². The first-order valence-electron chi connectivity index (χ1n) is 9.59. The molecule has 2 aliphatic rings. The molecule has 1 N–H and O–H groups in total. The molecule has 1 saturated carbocycles. The van der Waals surface area contributed by atoms with E-state index in [1.165, 1.54) is 0 Å². The molecule has 0 spiro atoms. The van der Waals surface area contributed by atoms with Crippen LogP contribution in [-0.2, 0) is 17.6 Å². The molecule has 0 saturated heterocycles. The Hall–Kier alpha value is -2.58. The second-order valence-electron chi connectivity index (χ2n) is 7.69. The fourth-order valence-corrected chi connectivity index (χ4v) is 3.90. The summed E-state index contributed by atoms with van der Waals surface area (Å²) < 4.78 is 27.7. The minimum atomic E-state index is -2.55. The summed E-state index contributed by atoms with van der Waals surface area (Å²) >= 11 is 0. The van der Waals surface area contributed by atoms with Crippen LogP contribution in [0, 0.1) is 6.92 Å². The summed E-state index contributed by atoms with van der Waals surface area (Å²) in [4.78, 5) is 23.3. The molecule has 1 atom stereocenters. The number of hydrogen-bond donors (Lipinski definition) is 1. The SMILES string of the molecule is C.CC[C@H]1C(=O)Nc2c(C)nc(CCc3cnn(C4CC(F)(F)C4)c3)nc2N1C. The number of alkyl halides is 2. The molecule has 2 aromatic rings. The molecule has 3 heterocycles. The number of carbonyl (C=O) groups excluding carboxylic acids is 1. The van der Waals surface area contributed by atoms with Gasteiger partial charge in [-0.1, -0.05) is 14.4 Å². The number of likely N-dealkylation sites (N-methyl/N-ethyl adjacent to an activating group) is 1. The van der Waals surface area contributed by atoms with Gasteiger partial charge >= 0.3 is 0 Å². The number of aromatic nitrogens is 4. The first-order chi connectivity index (χ1) is 13.3. The Morgan fingerprint density at radius 3 is 2.66 bits per heavy atom. The van der Waals surface area contributed by atoms with Crippen LogP contribution in [0.3, 0.4) is 0 Å². The molecule has 1 aliphatic carbocycles. The van der Waals surface area contributed by atoms with Gasteiger partial charge in [-0.3, -0.25) is 9.48 Å². The predicted octanol–water partition coefficient (Wildman–Crippen LogP) is 3.54. The maximum absolute atomic E-state index is 13.0. The third kappa shape index (κ3) is 3.95. The number of aryl methyl sites for hydroxylation is 3. The van der Waals surface area contributed by atoms with Gasteiger partial charge in [0.2, 0.25) is 5.91 Å². The molecule has 4 rings (SSSR count). The van der Waals surface area contributed by atoms with Crippen LogP contribution in [0.2, 0.25) is 0 Å². The molecule has 0 bridgehead atoms. The number of amides is 1. The van der Waals surface area contributed by atoms with E-state index in [1.54, 1.807) is 10.9 Å². The Bertz CT molecular complexity index is 904. The zero-order valence-electron chi connectivity index (χ0n) is 16.2. The standard InChI is InChI=1S/C19H24F2N6O.CH4/c1-4-14-18(28)25-16-11(2)23-15(24-17(16)26(14)3)6-5-12-9-22-27(10-12)13-7-19(20,21)8-13;/h9-10,13-14H,4-8H2,1-3H3,(H,25,28);1H4/t14-;/m0./s1. The van der Waals surface area contributed by atoms with Crippen LogP contribution in [0.5, 0.6) is 0 Å². The van der Waals surface area contributed by atoms with Gasteiger partial charge in [0.05, 0.1) is 17.9 Å². The summed E-state index contributed by atoms with van der Waals surface area (Å²) in [5, 5.41) is 7.15. The second-order valence-corrected chi connectivity index (χ2v) is 7.69. The molecule has 1 aliphatic heterocycles. The van der Waals surface area contributed by atoms with Crippen molar-refractivity contribution in [3.8, 4) is 0 Å². The van der Waals surface area contributed by atoms with Crippen LogP contribution >= 0.6 is 0 Å². The van der Waals surface area contributed by atoms with Crippen LogP contribution in [0.1, 0.15) is 56.7 Å². The molecule has 0 radical (unpaired) electrons. The van der Waals surface area contributed by atoms with E-state index >= 15 is 0 Å². The molecule has 2 aromatic heterocycles. The van der Waals surface area contributed by atoms with E-state index in [4.69, 9.17) is 0 Å². The molecular weight excluding hydrogens is 378 g/mol. The van der Waals surface area contributed by atoms with E-state index in [9.17, 15) is 13.6 Å². The average molecular weight is 406 g/mol. The number of hydrogen-bond acceptors (Lipinski definition) is 5. The minimum Gasteiger partial charge on any atom is -0.346 e. The largest absolute Gasteiger partial charge is 0.346 e. The highest BCUT2D eigenvalue weighted by Crippen LogP contribution is 2.45. The highest BCUT2D eigenvalue weighted by molar-refractivity contribution is 6.03. The van der Waals surface area contributed by atoms with Crippen LogP contribution in [0.15, 0.2) is 12.4 Å². The number of anilines is 2. The summed E-state index contributed by atoms with van der Waals surface area (Å²) in [6.07, 6.45) is 5.26. The van der Waals surface area contributed by atoms with Gasteiger partial charge < -0.3 is 10.2 Å². The molecule has 7 nitrogen and oxygen atoms in total. The molecule has 0 unspecified atom stereocenters. The van der Waals surface area contributed by atoms with E-state index in [1.807, 2.05) is 32.0 Å². The summed E-state index contributed by atoms with van der Waals surface area (Å²) in [5.74, 6) is -1.16. The molecule has 158 valence electrons. The predicted molar refractivity (Wildman–Crippen MR) is 107 cm³/mol. The Morgan fingerprint density at radius 1 is 1.28 bits per heavy atom. The highest BCUT2D eigenvalue weighted by atomic mass is 19.3. The quantitative estimate of drug-likeness (QED) is 0.822. The van der Waals surface area contributed by atoms with Crippen molar-refractivity contribution in [1.82, 2.24) is 19.7 Å². The molecule has 0 aromatic carbocycles. The summed E-state index contributed by atoms with van der Waals surface area (Å²) in [6, 6.07) is -0.456. The normalized spacial score (nSPS) is 20.5. The van der Waals surface area contributed by atoms with Gasteiger partial charge in [-0.15, -0.1) is 0 Å². The van der Waals surface area contributed by atoms with E-state index in [0.717, 1.165) is 17.1 Å². The van der Waals surface area contributed by atoms with E-state index in [0.29, 0.717) is 30.8 Å². The van der Waals surface area contributed by atoms with Crippen molar-refractivity contribution in [3.05, 3.63) is 29.5 Å². The Morgan fingerprint density at radius 2 is 2.00 bits per heavy atom. The van der Waals surface area contributed by atoms with Gasteiger partial charge in [-0.25, -0.2) is 18.7 Å². The van der Waals surface area contributed by atoms with Crippen molar-refractivity contribution < 1.29 is 13.6 Å². The molecule has 9 heteroatoms.